The maximum Gasteiger partial charge on any atom is 0.259 e. The number of carbonyl (C=O) groups excluding carboxylic acids is 1. The van der Waals surface area contributed by atoms with Gasteiger partial charge < -0.3 is 15.4 Å². The van der Waals surface area contributed by atoms with E-state index in [-0.39, 0.29) is 5.91 Å². The number of anilines is 1. The van der Waals surface area contributed by atoms with Crippen LogP contribution in [0.5, 0.6) is 5.75 Å². The van der Waals surface area contributed by atoms with E-state index in [9.17, 15) is 4.79 Å². The number of rotatable bonds is 5. The number of carbonyl (C=O) groups is 1. The van der Waals surface area contributed by atoms with Gasteiger partial charge in [0, 0.05) is 12.2 Å². The number of aryl methyl sites for hydroxylation is 1. The molecule has 0 saturated carbocycles. The van der Waals surface area contributed by atoms with E-state index in [0.29, 0.717) is 17.9 Å². The van der Waals surface area contributed by atoms with Crippen LogP contribution in [0.1, 0.15) is 21.5 Å². The molecule has 0 aliphatic carbocycles. The Balaban J connectivity index is 2.28. The van der Waals surface area contributed by atoms with Crippen LogP contribution in [0, 0.1) is 6.92 Å². The van der Waals surface area contributed by atoms with Crippen molar-refractivity contribution in [1.82, 2.24) is 5.32 Å². The molecule has 0 heterocycles. The Morgan fingerprint density at radius 3 is 2.67 bits per heavy atom. The summed E-state index contributed by atoms with van der Waals surface area (Å²) in [5.74, 6) is 0.406. The standard InChI is InChI=1S/C17H20N2O2/c1-12-8-9-16(21-3)14(10-12)17(20)19-15-7-5-4-6-13(15)11-18-2/h4-10,18H,11H2,1-3H3,(H,19,20). The first-order valence-corrected chi connectivity index (χ1v) is 6.84. The van der Waals surface area contributed by atoms with Gasteiger partial charge in [0.25, 0.3) is 5.91 Å². The minimum absolute atomic E-state index is 0.167. The molecule has 0 aliphatic heterocycles. The molecule has 0 unspecified atom stereocenters. The maximum atomic E-state index is 12.5. The van der Waals surface area contributed by atoms with E-state index in [1.807, 2.05) is 56.4 Å². The van der Waals surface area contributed by atoms with Crippen molar-refractivity contribution in [2.45, 2.75) is 13.5 Å². The Hall–Kier alpha value is -2.33. The highest BCUT2D eigenvalue weighted by Gasteiger charge is 2.14. The largest absolute Gasteiger partial charge is 0.496 e. The fraction of sp³-hybridized carbons (Fsp3) is 0.235. The Morgan fingerprint density at radius 2 is 1.95 bits per heavy atom. The van der Waals surface area contributed by atoms with Gasteiger partial charge in [-0.1, -0.05) is 29.8 Å². The molecule has 0 bridgehead atoms. The summed E-state index contributed by atoms with van der Waals surface area (Å²) in [4.78, 5) is 12.5. The average Bonchev–Trinajstić information content (AvgIpc) is 2.49. The van der Waals surface area contributed by atoms with Gasteiger partial charge in [-0.05, 0) is 37.7 Å². The highest BCUT2D eigenvalue weighted by molar-refractivity contribution is 6.06. The van der Waals surface area contributed by atoms with Crippen LogP contribution < -0.4 is 15.4 Å². The van der Waals surface area contributed by atoms with Crippen LogP contribution in [-0.2, 0) is 6.54 Å². The van der Waals surface area contributed by atoms with Crippen molar-refractivity contribution >= 4 is 11.6 Å². The number of hydrogen-bond donors (Lipinski definition) is 2. The van der Waals surface area contributed by atoms with Crippen molar-refractivity contribution in [2.24, 2.45) is 0 Å². The molecular formula is C17H20N2O2. The Kier molecular flexibility index (Phi) is 4.95. The zero-order valence-electron chi connectivity index (χ0n) is 12.6. The third-order valence-corrected chi connectivity index (χ3v) is 3.23. The number of ether oxygens (including phenoxy) is 1. The highest BCUT2D eigenvalue weighted by Crippen LogP contribution is 2.22. The van der Waals surface area contributed by atoms with Gasteiger partial charge >= 0.3 is 0 Å². The third kappa shape index (κ3) is 3.61. The maximum absolute atomic E-state index is 12.5. The molecule has 2 aromatic rings. The first-order valence-electron chi connectivity index (χ1n) is 6.84. The molecule has 4 heteroatoms. The predicted molar refractivity (Wildman–Crippen MR) is 84.9 cm³/mol. The fourth-order valence-electron chi connectivity index (χ4n) is 2.18. The lowest BCUT2D eigenvalue weighted by atomic mass is 10.1. The molecule has 2 aromatic carbocycles. The van der Waals surface area contributed by atoms with E-state index in [1.54, 1.807) is 7.11 Å². The number of para-hydroxylation sites is 1. The summed E-state index contributed by atoms with van der Waals surface area (Å²) in [5.41, 5.74) is 3.40. The summed E-state index contributed by atoms with van der Waals surface area (Å²) in [5, 5.41) is 6.05. The van der Waals surface area contributed by atoms with E-state index in [4.69, 9.17) is 4.74 Å². The molecule has 4 nitrogen and oxygen atoms in total. The molecule has 2 rings (SSSR count). The van der Waals surface area contributed by atoms with Gasteiger partial charge in [0.2, 0.25) is 0 Å². The number of nitrogens with one attached hydrogen (secondary N) is 2. The van der Waals surface area contributed by atoms with Crippen LogP contribution in [-0.4, -0.2) is 20.1 Å². The van der Waals surface area contributed by atoms with Gasteiger partial charge in [-0.15, -0.1) is 0 Å². The highest BCUT2D eigenvalue weighted by atomic mass is 16.5. The molecular weight excluding hydrogens is 264 g/mol. The van der Waals surface area contributed by atoms with Crippen LogP contribution in [0.15, 0.2) is 42.5 Å². The normalized spacial score (nSPS) is 10.2. The first-order chi connectivity index (χ1) is 10.2. The molecule has 21 heavy (non-hydrogen) atoms. The minimum atomic E-state index is -0.167. The summed E-state index contributed by atoms with van der Waals surface area (Å²) in [6.45, 7) is 2.65. The molecule has 2 N–H and O–H groups in total. The monoisotopic (exact) mass is 284 g/mol. The van der Waals surface area contributed by atoms with E-state index >= 15 is 0 Å². The number of hydrogen-bond acceptors (Lipinski definition) is 3. The lowest BCUT2D eigenvalue weighted by Crippen LogP contribution is -2.16. The summed E-state index contributed by atoms with van der Waals surface area (Å²) in [7, 11) is 3.44. The summed E-state index contributed by atoms with van der Waals surface area (Å²) < 4.78 is 5.26. The van der Waals surface area contributed by atoms with Crippen molar-refractivity contribution in [3.63, 3.8) is 0 Å². The topological polar surface area (TPSA) is 50.4 Å². The molecule has 0 aliphatic rings. The van der Waals surface area contributed by atoms with Gasteiger partial charge in [-0.2, -0.15) is 0 Å². The van der Waals surface area contributed by atoms with E-state index < -0.39 is 0 Å². The summed E-state index contributed by atoms with van der Waals surface area (Å²) in [6.07, 6.45) is 0. The molecule has 110 valence electrons. The van der Waals surface area contributed by atoms with Crippen molar-refractivity contribution in [3.05, 3.63) is 59.2 Å². The average molecular weight is 284 g/mol. The SMILES string of the molecule is CNCc1ccccc1NC(=O)c1cc(C)ccc1OC. The number of methoxy groups -OCH3 is 1. The lowest BCUT2D eigenvalue weighted by molar-refractivity contribution is 0.102. The lowest BCUT2D eigenvalue weighted by Gasteiger charge is -2.13. The van der Waals surface area contributed by atoms with Crippen LogP contribution in [0.2, 0.25) is 0 Å². The van der Waals surface area contributed by atoms with Gasteiger partial charge in [0.05, 0.1) is 12.7 Å². The van der Waals surface area contributed by atoms with Crippen molar-refractivity contribution < 1.29 is 9.53 Å². The predicted octanol–water partition coefficient (Wildman–Crippen LogP) is 2.98. The van der Waals surface area contributed by atoms with E-state index in [2.05, 4.69) is 10.6 Å². The zero-order valence-corrected chi connectivity index (χ0v) is 12.6. The molecule has 0 saturated heterocycles. The Morgan fingerprint density at radius 1 is 1.19 bits per heavy atom. The quantitative estimate of drug-likeness (QED) is 0.887. The van der Waals surface area contributed by atoms with Crippen molar-refractivity contribution in [3.8, 4) is 5.75 Å². The fourth-order valence-corrected chi connectivity index (χ4v) is 2.18. The minimum Gasteiger partial charge on any atom is -0.496 e. The molecule has 0 fully saturated rings. The molecule has 0 atom stereocenters. The van der Waals surface area contributed by atoms with Gasteiger partial charge in [-0.25, -0.2) is 0 Å². The van der Waals surface area contributed by atoms with Crippen LogP contribution in [0.3, 0.4) is 0 Å². The number of amides is 1. The van der Waals surface area contributed by atoms with Gasteiger partial charge in [0.15, 0.2) is 0 Å². The summed E-state index contributed by atoms with van der Waals surface area (Å²) in [6, 6.07) is 13.3. The summed E-state index contributed by atoms with van der Waals surface area (Å²) >= 11 is 0. The van der Waals surface area contributed by atoms with Crippen molar-refractivity contribution in [1.29, 1.82) is 0 Å². The second kappa shape index (κ2) is 6.90. The molecule has 0 aromatic heterocycles. The van der Waals surface area contributed by atoms with Gasteiger partial charge in [-0.3, -0.25) is 4.79 Å². The molecule has 0 radical (unpaired) electrons. The first kappa shape index (κ1) is 15.1. The third-order valence-electron chi connectivity index (χ3n) is 3.23. The second-order valence-electron chi connectivity index (χ2n) is 4.85. The van der Waals surface area contributed by atoms with E-state index in [0.717, 1.165) is 16.8 Å². The number of benzene rings is 2. The molecule has 0 spiro atoms. The smallest absolute Gasteiger partial charge is 0.259 e. The van der Waals surface area contributed by atoms with E-state index in [1.165, 1.54) is 0 Å². The van der Waals surface area contributed by atoms with Crippen molar-refractivity contribution in [2.75, 3.05) is 19.5 Å². The Labute approximate surface area is 125 Å². The zero-order chi connectivity index (χ0) is 15.2. The van der Waals surface area contributed by atoms with Crippen LogP contribution in [0.25, 0.3) is 0 Å². The Bertz CT molecular complexity index is 638. The van der Waals surface area contributed by atoms with Crippen LogP contribution in [0.4, 0.5) is 5.69 Å². The molecule has 1 amide bonds. The van der Waals surface area contributed by atoms with Gasteiger partial charge in [0.1, 0.15) is 5.75 Å². The van der Waals surface area contributed by atoms with Crippen LogP contribution >= 0.6 is 0 Å². The second-order valence-corrected chi connectivity index (χ2v) is 4.85.